The number of hydrogen-bond donors (Lipinski definition) is 0. The second kappa shape index (κ2) is 15.7. The smallest absolute Gasteiger partial charge is 0.460 e. The molecule has 0 saturated carbocycles. The van der Waals surface area contributed by atoms with Crippen molar-refractivity contribution in [3.63, 3.8) is 0 Å². The number of rotatable bonds is 18. The van der Waals surface area contributed by atoms with Crippen molar-refractivity contribution in [2.75, 3.05) is 13.2 Å². The number of alkyl halides is 13. The molecule has 0 aliphatic heterocycles. The number of ether oxygens (including phenoxy) is 3. The zero-order valence-electron chi connectivity index (χ0n) is 24.9. The lowest BCUT2D eigenvalue weighted by atomic mass is 9.93. The molecule has 0 fully saturated rings. The molecule has 0 atom stereocenters. The summed E-state index contributed by atoms with van der Waals surface area (Å²) >= 11 is 0. The van der Waals surface area contributed by atoms with Crippen molar-refractivity contribution >= 4 is 11.9 Å². The van der Waals surface area contributed by atoms with Crippen molar-refractivity contribution in [2.24, 2.45) is 0 Å². The Balaban J connectivity index is 1.93. The van der Waals surface area contributed by atoms with Gasteiger partial charge in [0.05, 0.1) is 30.8 Å². The van der Waals surface area contributed by atoms with Crippen LogP contribution in [-0.4, -0.2) is 60.9 Å². The van der Waals surface area contributed by atoms with Crippen molar-refractivity contribution in [1.82, 2.24) is 0 Å². The number of carbonyl (C=O) groups is 2. The highest BCUT2D eigenvalue weighted by molar-refractivity contribution is 5.92. The van der Waals surface area contributed by atoms with Gasteiger partial charge < -0.3 is 14.2 Å². The molecule has 48 heavy (non-hydrogen) atoms. The largest absolute Gasteiger partial charge is 0.494 e. The molecule has 0 aliphatic rings. The van der Waals surface area contributed by atoms with Crippen LogP contribution < -0.4 is 9.47 Å². The molecule has 18 heteroatoms. The molecule has 0 aliphatic carbocycles. The van der Waals surface area contributed by atoms with Crippen LogP contribution in [-0.2, 0) is 4.74 Å². The Labute approximate surface area is 265 Å². The Kier molecular flexibility index (Phi) is 13.2. The third kappa shape index (κ3) is 9.03. The highest BCUT2D eigenvalue weighted by atomic mass is 19.4. The van der Waals surface area contributed by atoms with E-state index in [0.717, 1.165) is 56.4 Å². The molecule has 0 bridgehead atoms. The molecule has 270 valence electrons. The van der Waals surface area contributed by atoms with Gasteiger partial charge >= 0.3 is 47.7 Å². The van der Waals surface area contributed by atoms with E-state index in [0.29, 0.717) is 12.4 Å². The second-order valence-corrected chi connectivity index (χ2v) is 10.4. The lowest BCUT2D eigenvalue weighted by molar-refractivity contribution is -0.440. The lowest BCUT2D eigenvalue weighted by Gasteiger charge is -2.39. The summed E-state index contributed by atoms with van der Waals surface area (Å²) in [5.41, 5.74) is -0.396. The number of unbranched alkanes of at least 4 members (excludes halogenated alkanes) is 5. The van der Waals surface area contributed by atoms with E-state index in [2.05, 4.69) is 11.7 Å². The first-order chi connectivity index (χ1) is 22.0. The van der Waals surface area contributed by atoms with Crippen molar-refractivity contribution < 1.29 is 80.9 Å². The number of carbonyl (C=O) groups excluding carboxylic acids is 2. The average molecular weight is 717 g/mol. The van der Waals surface area contributed by atoms with Gasteiger partial charge in [0.25, 0.3) is 0 Å². The molecule has 0 unspecified atom stereocenters. The van der Waals surface area contributed by atoms with E-state index in [4.69, 9.17) is 9.47 Å². The molecular formula is C30H29F13O5. The molecule has 0 saturated heterocycles. The van der Waals surface area contributed by atoms with Crippen LogP contribution in [0.4, 0.5) is 57.1 Å². The highest BCUT2D eigenvalue weighted by Crippen LogP contribution is 2.60. The molecule has 0 N–H and O–H groups in total. The zero-order chi connectivity index (χ0) is 36.6. The van der Waals surface area contributed by atoms with Gasteiger partial charge in [-0.25, -0.2) is 9.59 Å². The molecule has 0 amide bonds. The average Bonchev–Trinajstić information content (AvgIpc) is 3.00. The van der Waals surface area contributed by atoms with Gasteiger partial charge in [-0.3, -0.25) is 0 Å². The van der Waals surface area contributed by atoms with Gasteiger partial charge in [-0.05, 0) is 55.0 Å². The SMILES string of the molecule is CCCCCCCCOc1ccc(C(=O)Oc2ccc(C(=O)OCCC(F)(F)C(F)(F)C(F)(F)C(F)(F)C(F)(F)C(F)(F)F)cc2)cc1. The number of esters is 2. The fraction of sp³-hybridized carbons (Fsp3) is 0.533. The molecule has 0 radical (unpaired) electrons. The van der Waals surface area contributed by atoms with Crippen molar-refractivity contribution in [3.8, 4) is 11.5 Å². The normalized spacial score (nSPS) is 13.3. The third-order valence-corrected chi connectivity index (χ3v) is 6.80. The van der Waals surface area contributed by atoms with Crippen molar-refractivity contribution in [3.05, 3.63) is 59.7 Å². The van der Waals surface area contributed by atoms with E-state index in [-0.39, 0.29) is 11.3 Å². The number of benzene rings is 2. The monoisotopic (exact) mass is 716 g/mol. The van der Waals surface area contributed by atoms with Crippen LogP contribution in [0.25, 0.3) is 0 Å². The van der Waals surface area contributed by atoms with Gasteiger partial charge in [0, 0.05) is 0 Å². The summed E-state index contributed by atoms with van der Waals surface area (Å²) in [4.78, 5) is 24.4. The second-order valence-electron chi connectivity index (χ2n) is 10.4. The van der Waals surface area contributed by atoms with E-state index in [9.17, 15) is 66.7 Å². The Hall–Kier alpha value is -3.73. The quantitative estimate of drug-likeness (QED) is 0.0666. The fourth-order valence-electron chi connectivity index (χ4n) is 3.90. The van der Waals surface area contributed by atoms with E-state index in [1.54, 1.807) is 0 Å². The van der Waals surface area contributed by atoms with Gasteiger partial charge in [0.15, 0.2) is 0 Å². The van der Waals surface area contributed by atoms with Gasteiger partial charge in [0.2, 0.25) is 0 Å². The molecule has 0 heterocycles. The van der Waals surface area contributed by atoms with Crippen LogP contribution in [0.1, 0.15) is 72.6 Å². The summed E-state index contributed by atoms with van der Waals surface area (Å²) < 4.78 is 186. The van der Waals surface area contributed by atoms with Crippen LogP contribution >= 0.6 is 0 Å². The van der Waals surface area contributed by atoms with Crippen molar-refractivity contribution in [1.29, 1.82) is 0 Å². The standard InChI is InChI=1S/C30H29F13O5/c1-2-3-4-5-6-7-17-46-21-12-8-20(9-13-21)24(45)48-22-14-10-19(11-15-22)23(44)47-18-16-25(31,32)26(33,34)27(35,36)28(37,38)29(39,40)30(41,42)43/h8-15H,2-7,16-18H2,1H3. The molecule has 0 spiro atoms. The van der Waals surface area contributed by atoms with Crippen LogP contribution in [0.5, 0.6) is 11.5 Å². The minimum atomic E-state index is -8.02. The zero-order valence-corrected chi connectivity index (χ0v) is 24.9. The van der Waals surface area contributed by atoms with E-state index in [1.807, 2.05) is 0 Å². The van der Waals surface area contributed by atoms with Crippen LogP contribution in [0.15, 0.2) is 48.5 Å². The summed E-state index contributed by atoms with van der Waals surface area (Å²) in [7, 11) is 0. The van der Waals surface area contributed by atoms with Gasteiger partial charge in [-0.1, -0.05) is 39.0 Å². The Morgan fingerprint density at radius 3 is 1.52 bits per heavy atom. The predicted molar refractivity (Wildman–Crippen MR) is 142 cm³/mol. The Bertz CT molecular complexity index is 1340. The van der Waals surface area contributed by atoms with E-state index >= 15 is 0 Å². The predicted octanol–water partition coefficient (Wildman–Crippen LogP) is 9.93. The molecule has 0 aromatic heterocycles. The first kappa shape index (κ1) is 40.4. The maximum Gasteiger partial charge on any atom is 0.460 e. The third-order valence-electron chi connectivity index (χ3n) is 6.80. The highest BCUT2D eigenvalue weighted by Gasteiger charge is 2.90. The number of halogens is 13. The van der Waals surface area contributed by atoms with Gasteiger partial charge in [0.1, 0.15) is 11.5 Å². The van der Waals surface area contributed by atoms with E-state index < -0.39 is 66.3 Å². The lowest BCUT2D eigenvalue weighted by Crippen LogP contribution is -2.70. The molecule has 2 aromatic carbocycles. The Morgan fingerprint density at radius 1 is 0.542 bits per heavy atom. The van der Waals surface area contributed by atoms with Gasteiger partial charge in [-0.15, -0.1) is 0 Å². The summed E-state index contributed by atoms with van der Waals surface area (Å²) in [6.45, 7) is 0.710. The summed E-state index contributed by atoms with van der Waals surface area (Å²) in [5.74, 6) is -39.7. The topological polar surface area (TPSA) is 61.8 Å². The molecular weight excluding hydrogens is 687 g/mol. The minimum Gasteiger partial charge on any atom is -0.494 e. The van der Waals surface area contributed by atoms with Crippen LogP contribution in [0.3, 0.4) is 0 Å². The molecule has 2 aromatic rings. The maximum absolute atomic E-state index is 13.9. The summed E-state index contributed by atoms with van der Waals surface area (Å²) in [6.07, 6.45) is -3.75. The Morgan fingerprint density at radius 2 is 1.00 bits per heavy atom. The molecule has 2 rings (SSSR count). The summed E-state index contributed by atoms with van der Waals surface area (Å²) in [5, 5.41) is 0. The number of hydrogen-bond acceptors (Lipinski definition) is 5. The minimum absolute atomic E-state index is 0.105. The van der Waals surface area contributed by atoms with Crippen LogP contribution in [0.2, 0.25) is 0 Å². The van der Waals surface area contributed by atoms with Crippen molar-refractivity contribution in [2.45, 2.75) is 87.7 Å². The first-order valence-electron chi connectivity index (χ1n) is 14.2. The molecule has 5 nitrogen and oxygen atoms in total. The maximum atomic E-state index is 13.9. The van der Waals surface area contributed by atoms with Gasteiger partial charge in [-0.2, -0.15) is 57.1 Å². The van der Waals surface area contributed by atoms with Crippen LogP contribution in [0, 0.1) is 0 Å². The van der Waals surface area contributed by atoms with E-state index in [1.165, 1.54) is 30.7 Å². The summed E-state index contributed by atoms with van der Waals surface area (Å²) in [6, 6.07) is 9.73. The first-order valence-corrected chi connectivity index (χ1v) is 14.2. The fourth-order valence-corrected chi connectivity index (χ4v) is 3.90.